The van der Waals surface area contributed by atoms with E-state index in [0.717, 1.165) is 0 Å². The van der Waals surface area contributed by atoms with E-state index in [0.29, 0.717) is 41.9 Å². The molecule has 0 aromatic carbocycles. The molecule has 1 N–H and O–H groups in total. The Kier molecular flexibility index (Phi) is 4.37. The van der Waals surface area contributed by atoms with Gasteiger partial charge in [0, 0.05) is 11.2 Å². The minimum Gasteiger partial charge on any atom is -0.609 e. The number of pyridine rings is 1. The van der Waals surface area contributed by atoms with Crippen LogP contribution >= 0.6 is 0 Å². The van der Waals surface area contributed by atoms with Crippen LogP contribution in [0.2, 0.25) is 0 Å². The fourth-order valence-electron chi connectivity index (χ4n) is 3.17. The Labute approximate surface area is 158 Å². The summed E-state index contributed by atoms with van der Waals surface area (Å²) in [4.78, 5) is 25.9. The summed E-state index contributed by atoms with van der Waals surface area (Å²) >= 11 is -1.38. The molecule has 140 valence electrons. The van der Waals surface area contributed by atoms with Crippen molar-refractivity contribution >= 4 is 22.2 Å². The third-order valence-corrected chi connectivity index (χ3v) is 5.37. The lowest BCUT2D eigenvalue weighted by Crippen LogP contribution is -2.24. The molecule has 8 nitrogen and oxygen atoms in total. The second-order valence-electron chi connectivity index (χ2n) is 6.71. The molecule has 9 heteroatoms. The molecule has 4 rings (SSSR count). The highest BCUT2D eigenvalue weighted by atomic mass is 32.2. The predicted octanol–water partition coefficient (Wildman–Crippen LogP) is 1.27. The topological polar surface area (TPSA) is 109 Å². The van der Waals surface area contributed by atoms with Crippen molar-refractivity contribution in [3.63, 3.8) is 0 Å². The van der Waals surface area contributed by atoms with Gasteiger partial charge in [0.25, 0.3) is 5.56 Å². The second-order valence-corrected chi connectivity index (χ2v) is 7.98. The van der Waals surface area contributed by atoms with Crippen LogP contribution < -0.4 is 5.56 Å². The molecule has 0 saturated heterocycles. The molecular weight excluding hydrogens is 366 g/mol. The number of fused-ring (bicyclic) bond motifs is 6. The van der Waals surface area contributed by atoms with Crippen molar-refractivity contribution in [1.29, 1.82) is 0 Å². The van der Waals surface area contributed by atoms with Gasteiger partial charge >= 0.3 is 5.16 Å². The van der Waals surface area contributed by atoms with Gasteiger partial charge in [0.15, 0.2) is 11.5 Å². The lowest BCUT2D eigenvalue weighted by Gasteiger charge is -2.22. The Bertz CT molecular complexity index is 1100. The molecular formula is C18H19N5O3S. The van der Waals surface area contributed by atoms with Crippen LogP contribution in [0.25, 0.3) is 16.9 Å². The van der Waals surface area contributed by atoms with E-state index >= 15 is 0 Å². The first kappa shape index (κ1) is 17.9. The van der Waals surface area contributed by atoms with Gasteiger partial charge in [-0.2, -0.15) is 9.97 Å². The predicted molar refractivity (Wildman–Crippen MR) is 101 cm³/mol. The molecule has 0 saturated carbocycles. The number of aliphatic hydroxyl groups is 1. The van der Waals surface area contributed by atoms with Gasteiger partial charge in [0.05, 0.1) is 18.4 Å². The largest absolute Gasteiger partial charge is 0.609 e. The van der Waals surface area contributed by atoms with Gasteiger partial charge in [0.2, 0.25) is 0 Å². The lowest BCUT2D eigenvalue weighted by molar-refractivity contribution is 0.0443. The van der Waals surface area contributed by atoms with Gasteiger partial charge < -0.3 is 9.66 Å². The van der Waals surface area contributed by atoms with Gasteiger partial charge in [-0.25, -0.2) is 14.3 Å². The average molecular weight is 385 g/mol. The van der Waals surface area contributed by atoms with Crippen LogP contribution in [0.1, 0.15) is 25.5 Å². The summed E-state index contributed by atoms with van der Waals surface area (Å²) in [7, 11) is 0. The van der Waals surface area contributed by atoms with E-state index in [2.05, 4.69) is 15.0 Å². The van der Waals surface area contributed by atoms with Crippen LogP contribution in [-0.2, 0) is 23.3 Å². The summed E-state index contributed by atoms with van der Waals surface area (Å²) in [6, 6.07) is 5.31. The molecule has 2 unspecified atom stereocenters. The van der Waals surface area contributed by atoms with Gasteiger partial charge in [-0.15, -0.1) is 0 Å². The maximum absolute atomic E-state index is 12.9. The van der Waals surface area contributed by atoms with Crippen LogP contribution in [0.4, 0.5) is 0 Å². The fraction of sp³-hybridized carbons (Fsp3) is 0.333. The Hall–Kier alpha value is -2.49. The van der Waals surface area contributed by atoms with Crippen molar-refractivity contribution in [2.24, 2.45) is 0 Å². The minimum absolute atomic E-state index is 0.149. The standard InChI is InChI=1S/C18H19N5O3S/c1-18(25)9-4-3-5-10-22-16(24)12-11-19-17(27(2)26)21-15(12)23(22)14-8-6-7-13(18)20-14/h3,5-8,11,25H,4,9-10H2,1-2H3. The highest BCUT2D eigenvalue weighted by Crippen LogP contribution is 2.26. The van der Waals surface area contributed by atoms with Crippen LogP contribution in [0.3, 0.4) is 0 Å². The molecule has 2 atom stereocenters. The van der Waals surface area contributed by atoms with Crippen molar-refractivity contribution in [1.82, 2.24) is 24.3 Å². The monoisotopic (exact) mass is 385 g/mol. The van der Waals surface area contributed by atoms with E-state index < -0.39 is 16.8 Å². The first-order valence-electron chi connectivity index (χ1n) is 8.56. The molecule has 0 amide bonds. The quantitative estimate of drug-likeness (QED) is 0.384. The number of hydrogen-bond donors (Lipinski definition) is 1. The number of hydrogen-bond acceptors (Lipinski definition) is 6. The Morgan fingerprint density at radius 3 is 2.89 bits per heavy atom. The molecule has 2 bridgehead atoms. The summed E-state index contributed by atoms with van der Waals surface area (Å²) in [5, 5.41) is 11.3. The molecule has 0 aliphatic carbocycles. The van der Waals surface area contributed by atoms with Gasteiger partial charge in [-0.1, -0.05) is 18.2 Å². The summed E-state index contributed by atoms with van der Waals surface area (Å²) in [5.41, 5.74) is -0.480. The lowest BCUT2D eigenvalue weighted by atomic mass is 9.95. The average Bonchev–Trinajstić information content (AvgIpc) is 2.92. The number of aromatic nitrogens is 5. The maximum Gasteiger partial charge on any atom is 0.344 e. The summed E-state index contributed by atoms with van der Waals surface area (Å²) in [5.74, 6) is 0.460. The summed E-state index contributed by atoms with van der Waals surface area (Å²) < 4.78 is 14.9. The van der Waals surface area contributed by atoms with Gasteiger partial charge in [-0.3, -0.25) is 4.79 Å². The fourth-order valence-corrected chi connectivity index (χ4v) is 3.59. The Morgan fingerprint density at radius 1 is 1.30 bits per heavy atom. The third-order valence-electron chi connectivity index (χ3n) is 4.66. The molecule has 4 heterocycles. The van der Waals surface area contributed by atoms with Crippen molar-refractivity contribution in [2.45, 2.75) is 37.1 Å². The zero-order valence-electron chi connectivity index (χ0n) is 15.0. The highest BCUT2D eigenvalue weighted by Gasteiger charge is 2.26. The van der Waals surface area contributed by atoms with Crippen LogP contribution in [0.5, 0.6) is 0 Å². The van der Waals surface area contributed by atoms with Crippen molar-refractivity contribution < 1.29 is 9.66 Å². The number of rotatable bonds is 1. The van der Waals surface area contributed by atoms with Crippen LogP contribution in [-0.4, -0.2) is 40.2 Å². The zero-order valence-corrected chi connectivity index (χ0v) is 15.8. The zero-order chi connectivity index (χ0) is 19.2. The molecule has 1 aliphatic rings. The number of allylic oxidation sites excluding steroid dienone is 2. The van der Waals surface area contributed by atoms with Gasteiger partial charge in [-0.05, 0) is 31.9 Å². The first-order valence-corrected chi connectivity index (χ1v) is 10.1. The Balaban J connectivity index is 2.06. The van der Waals surface area contributed by atoms with Crippen molar-refractivity contribution in [2.75, 3.05) is 6.26 Å². The summed E-state index contributed by atoms with van der Waals surface area (Å²) in [6.07, 6.45) is 7.90. The molecule has 27 heavy (non-hydrogen) atoms. The smallest absolute Gasteiger partial charge is 0.344 e. The molecule has 0 spiro atoms. The summed E-state index contributed by atoms with van der Waals surface area (Å²) in [6.45, 7) is 2.06. The van der Waals surface area contributed by atoms with Crippen molar-refractivity contribution in [3.8, 4) is 5.82 Å². The van der Waals surface area contributed by atoms with Crippen LogP contribution in [0.15, 0.2) is 46.5 Å². The van der Waals surface area contributed by atoms with E-state index in [4.69, 9.17) is 0 Å². The maximum atomic E-state index is 12.9. The second kappa shape index (κ2) is 6.59. The van der Waals surface area contributed by atoms with Gasteiger partial charge in [0.1, 0.15) is 17.2 Å². The normalized spacial score (nSPS) is 20.9. The molecule has 3 aromatic rings. The minimum atomic E-state index is -1.38. The van der Waals surface area contributed by atoms with E-state index in [1.807, 2.05) is 12.2 Å². The van der Waals surface area contributed by atoms with E-state index in [9.17, 15) is 14.5 Å². The number of nitrogens with zero attached hydrogens (tertiary/aromatic N) is 5. The molecule has 0 fully saturated rings. The molecule has 1 aliphatic heterocycles. The van der Waals surface area contributed by atoms with Crippen molar-refractivity contribution in [3.05, 3.63) is 52.6 Å². The Morgan fingerprint density at radius 2 is 2.11 bits per heavy atom. The third kappa shape index (κ3) is 3.07. The molecule has 3 aromatic heterocycles. The van der Waals surface area contributed by atoms with E-state index in [1.165, 1.54) is 17.1 Å². The van der Waals surface area contributed by atoms with E-state index in [1.54, 1.807) is 29.8 Å². The SMILES string of the molecule is C[S+]([O-])c1ncc2c(=O)n3n(c2n1)-c1cccc(n1)C(C)(O)CCC=CC3. The van der Waals surface area contributed by atoms with Crippen LogP contribution in [0, 0.1) is 0 Å². The van der Waals surface area contributed by atoms with E-state index in [-0.39, 0.29) is 10.7 Å². The highest BCUT2D eigenvalue weighted by molar-refractivity contribution is 7.90. The first-order chi connectivity index (χ1) is 12.9. The molecule has 0 radical (unpaired) electrons.